The van der Waals surface area contributed by atoms with E-state index in [0.29, 0.717) is 10.9 Å². The third-order valence-corrected chi connectivity index (χ3v) is 4.62. The van der Waals surface area contributed by atoms with E-state index in [4.69, 9.17) is 4.84 Å². The van der Waals surface area contributed by atoms with Crippen LogP contribution in [0.25, 0.3) is 10.9 Å². The van der Waals surface area contributed by atoms with Crippen molar-refractivity contribution in [2.24, 2.45) is 0 Å². The summed E-state index contributed by atoms with van der Waals surface area (Å²) in [6.07, 6.45) is 4.88. The lowest BCUT2D eigenvalue weighted by atomic mass is 9.94. The number of rotatable bonds is 5. The van der Waals surface area contributed by atoms with Gasteiger partial charge in [-0.05, 0) is 31.9 Å². The van der Waals surface area contributed by atoms with Crippen molar-refractivity contribution in [3.8, 4) is 0 Å². The summed E-state index contributed by atoms with van der Waals surface area (Å²) in [5.74, 6) is -0.573. The first-order valence-electron chi connectivity index (χ1n) is 8.74. The second kappa shape index (κ2) is 7.65. The molecule has 0 aliphatic heterocycles. The van der Waals surface area contributed by atoms with Gasteiger partial charge < -0.3 is 14.8 Å². The fraction of sp³-hybridized carbons (Fsp3) is 0.500. The van der Waals surface area contributed by atoms with Gasteiger partial charge in [-0.1, -0.05) is 31.4 Å². The second-order valence-corrected chi connectivity index (χ2v) is 6.18. The predicted molar refractivity (Wildman–Crippen MR) is 93.3 cm³/mol. The molecule has 0 radical (unpaired) electrons. The minimum atomic E-state index is -0.481. The molecular weight excluding hydrogens is 322 g/mol. The van der Waals surface area contributed by atoms with E-state index in [1.165, 1.54) is 4.90 Å². The van der Waals surface area contributed by atoms with Crippen molar-refractivity contribution in [3.05, 3.63) is 40.4 Å². The average molecular weight is 345 g/mol. The molecule has 1 heterocycles. The topological polar surface area (TPSA) is 84.7 Å². The number of hydrogen-bond acceptors (Lipinski definition) is 5. The lowest BCUT2D eigenvalue weighted by Gasteiger charge is -2.32. The number of carbonyl (C=O) groups is 1. The summed E-state index contributed by atoms with van der Waals surface area (Å²) in [6.45, 7) is 1.56. The highest BCUT2D eigenvalue weighted by molar-refractivity contribution is 5.93. The third-order valence-electron chi connectivity index (χ3n) is 4.62. The molecule has 1 N–H and O–H groups in total. The van der Waals surface area contributed by atoms with E-state index in [2.05, 4.69) is 4.98 Å². The number of para-hydroxylation sites is 1. The molecule has 0 spiro atoms. The van der Waals surface area contributed by atoms with Gasteiger partial charge in [-0.25, -0.2) is 4.98 Å². The van der Waals surface area contributed by atoms with Gasteiger partial charge in [0.05, 0.1) is 10.9 Å². The van der Waals surface area contributed by atoms with Crippen LogP contribution in [0.4, 0.5) is 0 Å². The molecule has 1 amide bonds. The molecule has 3 rings (SSSR count). The Hall–Kier alpha value is -2.41. The van der Waals surface area contributed by atoms with Gasteiger partial charge in [-0.3, -0.25) is 9.59 Å². The van der Waals surface area contributed by atoms with Crippen molar-refractivity contribution >= 4 is 16.8 Å². The summed E-state index contributed by atoms with van der Waals surface area (Å²) in [6, 6.07) is 6.81. The molecule has 134 valence electrons. The molecule has 1 saturated carbocycles. The van der Waals surface area contributed by atoms with Crippen LogP contribution in [-0.4, -0.2) is 45.0 Å². The Morgan fingerprint density at radius 1 is 1.32 bits per heavy atom. The van der Waals surface area contributed by atoms with Crippen molar-refractivity contribution in [2.75, 3.05) is 13.3 Å². The van der Waals surface area contributed by atoms with Crippen molar-refractivity contribution in [1.82, 2.24) is 14.6 Å². The third kappa shape index (κ3) is 3.37. The second-order valence-electron chi connectivity index (χ2n) is 6.18. The van der Waals surface area contributed by atoms with Crippen LogP contribution in [0.2, 0.25) is 0 Å². The molecule has 0 saturated heterocycles. The van der Waals surface area contributed by atoms with Crippen LogP contribution >= 0.6 is 0 Å². The zero-order valence-corrected chi connectivity index (χ0v) is 14.4. The minimum Gasteiger partial charge on any atom is -0.409 e. The van der Waals surface area contributed by atoms with E-state index in [1.54, 1.807) is 31.2 Å². The zero-order valence-electron chi connectivity index (χ0n) is 14.4. The first kappa shape index (κ1) is 17.4. The van der Waals surface area contributed by atoms with Crippen LogP contribution in [0.3, 0.4) is 0 Å². The molecular formula is C18H23N3O4. The molecule has 2 aromatic rings. The van der Waals surface area contributed by atoms with Crippen molar-refractivity contribution < 1.29 is 14.7 Å². The fourth-order valence-corrected chi connectivity index (χ4v) is 3.37. The Kier molecular flexibility index (Phi) is 5.33. The molecule has 7 nitrogen and oxygen atoms in total. The minimum absolute atomic E-state index is 0.0373. The SMILES string of the molecule is CCOn1c(C(=O)N(CO)C2CCCCC2)nc2ccccc2c1=O. The highest BCUT2D eigenvalue weighted by atomic mass is 16.7. The number of aliphatic hydroxyl groups excluding tert-OH is 1. The predicted octanol–water partition coefficient (Wildman–Crippen LogP) is 1.57. The van der Waals surface area contributed by atoms with Gasteiger partial charge in [0.2, 0.25) is 5.82 Å². The molecule has 1 aromatic carbocycles. The summed E-state index contributed by atoms with van der Waals surface area (Å²) in [4.78, 5) is 36.9. The standard InChI is InChI=1S/C18H23N3O4/c1-2-25-21-16(19-15-11-7-6-10-14(15)17(21)23)18(24)20(12-22)13-8-4-3-5-9-13/h6-7,10-11,13,22H,2-5,8-9,12H2,1H3. The fourth-order valence-electron chi connectivity index (χ4n) is 3.37. The van der Waals surface area contributed by atoms with Gasteiger partial charge in [-0.15, -0.1) is 4.73 Å². The van der Waals surface area contributed by atoms with Gasteiger partial charge >= 0.3 is 0 Å². The summed E-state index contributed by atoms with van der Waals surface area (Å²) < 4.78 is 0.955. The van der Waals surface area contributed by atoms with Crippen molar-refractivity contribution in [1.29, 1.82) is 0 Å². The molecule has 7 heteroatoms. The summed E-state index contributed by atoms with van der Waals surface area (Å²) in [5.41, 5.74) is 0.0191. The average Bonchev–Trinajstić information content (AvgIpc) is 2.65. The van der Waals surface area contributed by atoms with E-state index in [-0.39, 0.29) is 18.5 Å². The Morgan fingerprint density at radius 3 is 2.72 bits per heavy atom. The Labute approximate surface area is 145 Å². The molecule has 25 heavy (non-hydrogen) atoms. The smallest absolute Gasteiger partial charge is 0.295 e. The van der Waals surface area contributed by atoms with Gasteiger partial charge in [0.15, 0.2) is 0 Å². The Bertz CT molecular complexity index is 812. The van der Waals surface area contributed by atoms with Crippen molar-refractivity contribution in [2.45, 2.75) is 45.1 Å². The normalized spacial score (nSPS) is 15.3. The molecule has 0 unspecified atom stereocenters. The van der Waals surface area contributed by atoms with Gasteiger partial charge in [-0.2, -0.15) is 0 Å². The Balaban J connectivity index is 2.07. The number of carbonyl (C=O) groups excluding carboxylic acids is 1. The van der Waals surface area contributed by atoms with Crippen LogP contribution in [0, 0.1) is 0 Å². The van der Waals surface area contributed by atoms with Crippen LogP contribution < -0.4 is 10.4 Å². The molecule has 1 fully saturated rings. The van der Waals surface area contributed by atoms with E-state index in [9.17, 15) is 14.7 Å². The number of fused-ring (bicyclic) bond motifs is 1. The maximum Gasteiger partial charge on any atom is 0.295 e. The highest BCUT2D eigenvalue weighted by Crippen LogP contribution is 2.23. The maximum absolute atomic E-state index is 13.0. The lowest BCUT2D eigenvalue weighted by molar-refractivity contribution is 0.0273. The van der Waals surface area contributed by atoms with Crippen LogP contribution in [0.5, 0.6) is 0 Å². The van der Waals surface area contributed by atoms with Crippen LogP contribution in [0.15, 0.2) is 29.1 Å². The molecule has 1 aliphatic carbocycles. The number of aromatic nitrogens is 2. The highest BCUT2D eigenvalue weighted by Gasteiger charge is 2.29. The summed E-state index contributed by atoms with van der Waals surface area (Å²) >= 11 is 0. The lowest BCUT2D eigenvalue weighted by Crippen LogP contribution is -2.45. The van der Waals surface area contributed by atoms with Gasteiger partial charge in [0.25, 0.3) is 11.5 Å². The maximum atomic E-state index is 13.0. The first-order valence-corrected chi connectivity index (χ1v) is 8.74. The summed E-state index contributed by atoms with van der Waals surface area (Å²) in [5, 5.41) is 10.2. The number of hydrogen-bond donors (Lipinski definition) is 1. The molecule has 0 bridgehead atoms. The van der Waals surface area contributed by atoms with Gasteiger partial charge in [0, 0.05) is 6.04 Å². The number of amides is 1. The summed E-state index contributed by atoms with van der Waals surface area (Å²) in [7, 11) is 0. The van der Waals surface area contributed by atoms with E-state index >= 15 is 0 Å². The number of benzene rings is 1. The van der Waals surface area contributed by atoms with E-state index in [0.717, 1.165) is 36.8 Å². The zero-order chi connectivity index (χ0) is 17.8. The molecule has 1 aliphatic rings. The van der Waals surface area contributed by atoms with Crippen LogP contribution in [-0.2, 0) is 0 Å². The number of aliphatic hydroxyl groups is 1. The Morgan fingerprint density at radius 2 is 2.04 bits per heavy atom. The van der Waals surface area contributed by atoms with Crippen molar-refractivity contribution in [3.63, 3.8) is 0 Å². The van der Waals surface area contributed by atoms with E-state index < -0.39 is 18.2 Å². The molecule has 1 aromatic heterocycles. The largest absolute Gasteiger partial charge is 0.409 e. The monoisotopic (exact) mass is 345 g/mol. The number of nitrogens with zero attached hydrogens (tertiary/aromatic N) is 3. The van der Waals surface area contributed by atoms with Gasteiger partial charge in [0.1, 0.15) is 13.3 Å². The quantitative estimate of drug-likeness (QED) is 0.832. The first-order chi connectivity index (χ1) is 12.2. The van der Waals surface area contributed by atoms with Crippen LogP contribution in [0.1, 0.15) is 49.6 Å². The van der Waals surface area contributed by atoms with E-state index in [1.807, 2.05) is 0 Å². The molecule has 0 atom stereocenters.